The van der Waals surface area contributed by atoms with E-state index in [1.54, 1.807) is 6.07 Å². The standard InChI is InChI=1S/C18H22N4O2/c1-13-11-15(19)21-17(20-13)18(2)9-6-10-22(18)16(23)12-24-14-7-4-3-5-8-14/h3-5,7-8,11H,6,9-10,12H2,1-2H3,(H2,19,20,21). The number of hydrogen-bond donors (Lipinski definition) is 1. The molecule has 1 atom stereocenters. The highest BCUT2D eigenvalue weighted by Crippen LogP contribution is 2.37. The quantitative estimate of drug-likeness (QED) is 0.932. The summed E-state index contributed by atoms with van der Waals surface area (Å²) in [4.78, 5) is 23.4. The van der Waals surface area contributed by atoms with Crippen molar-refractivity contribution in [3.05, 3.63) is 47.9 Å². The van der Waals surface area contributed by atoms with Crippen LogP contribution in [0.1, 0.15) is 31.3 Å². The average molecular weight is 326 g/mol. The number of nitrogens with two attached hydrogens (primary N) is 1. The second kappa shape index (κ2) is 6.47. The number of carbonyl (C=O) groups is 1. The lowest BCUT2D eigenvalue weighted by Gasteiger charge is -2.34. The summed E-state index contributed by atoms with van der Waals surface area (Å²) in [6, 6.07) is 11.1. The Morgan fingerprint density at radius 2 is 2.08 bits per heavy atom. The fraction of sp³-hybridized carbons (Fsp3) is 0.389. The fourth-order valence-electron chi connectivity index (χ4n) is 3.17. The number of likely N-dealkylation sites (tertiary alicyclic amines) is 1. The highest BCUT2D eigenvalue weighted by atomic mass is 16.5. The van der Waals surface area contributed by atoms with Crippen molar-refractivity contribution in [2.24, 2.45) is 0 Å². The first-order valence-corrected chi connectivity index (χ1v) is 8.09. The monoisotopic (exact) mass is 326 g/mol. The van der Waals surface area contributed by atoms with Crippen LogP contribution in [0, 0.1) is 6.92 Å². The maximum Gasteiger partial charge on any atom is 0.261 e. The van der Waals surface area contributed by atoms with Crippen molar-refractivity contribution in [2.45, 2.75) is 32.2 Å². The molecule has 0 saturated carbocycles. The average Bonchev–Trinajstić information content (AvgIpc) is 2.96. The third-order valence-electron chi connectivity index (χ3n) is 4.40. The minimum atomic E-state index is -0.544. The van der Waals surface area contributed by atoms with Crippen molar-refractivity contribution in [3.8, 4) is 5.75 Å². The van der Waals surface area contributed by atoms with E-state index in [1.807, 2.05) is 49.1 Å². The molecular formula is C18H22N4O2. The van der Waals surface area contributed by atoms with Crippen LogP contribution in [0.15, 0.2) is 36.4 Å². The van der Waals surface area contributed by atoms with Crippen LogP contribution in [0.4, 0.5) is 5.82 Å². The van der Waals surface area contributed by atoms with Crippen molar-refractivity contribution in [1.29, 1.82) is 0 Å². The van der Waals surface area contributed by atoms with Gasteiger partial charge in [0, 0.05) is 18.3 Å². The molecule has 1 aromatic carbocycles. The van der Waals surface area contributed by atoms with Gasteiger partial charge in [-0.05, 0) is 38.8 Å². The van der Waals surface area contributed by atoms with Gasteiger partial charge in [0.15, 0.2) is 12.4 Å². The normalized spacial score (nSPS) is 20.2. The third-order valence-corrected chi connectivity index (χ3v) is 4.40. The first kappa shape index (κ1) is 16.2. The Hall–Kier alpha value is -2.63. The molecule has 1 aliphatic heterocycles. The third kappa shape index (κ3) is 3.18. The van der Waals surface area contributed by atoms with E-state index in [0.29, 0.717) is 23.9 Å². The predicted octanol–water partition coefficient (Wildman–Crippen LogP) is 2.28. The SMILES string of the molecule is Cc1cc(N)nc(C2(C)CCCN2C(=O)COc2ccccc2)n1. The van der Waals surface area contributed by atoms with Gasteiger partial charge < -0.3 is 15.4 Å². The van der Waals surface area contributed by atoms with Crippen molar-refractivity contribution in [1.82, 2.24) is 14.9 Å². The lowest BCUT2D eigenvalue weighted by molar-refractivity contribution is -0.137. The Kier molecular flexibility index (Phi) is 4.38. The van der Waals surface area contributed by atoms with Gasteiger partial charge in [-0.3, -0.25) is 4.79 Å². The summed E-state index contributed by atoms with van der Waals surface area (Å²) >= 11 is 0. The molecule has 2 N–H and O–H groups in total. The van der Waals surface area contributed by atoms with Crippen LogP contribution in [-0.4, -0.2) is 33.9 Å². The van der Waals surface area contributed by atoms with E-state index in [2.05, 4.69) is 9.97 Å². The van der Waals surface area contributed by atoms with Gasteiger partial charge in [-0.25, -0.2) is 9.97 Å². The molecule has 1 fully saturated rings. The highest BCUT2D eigenvalue weighted by molar-refractivity contribution is 5.79. The van der Waals surface area contributed by atoms with Crippen LogP contribution >= 0.6 is 0 Å². The second-order valence-electron chi connectivity index (χ2n) is 6.28. The Labute approximate surface area is 141 Å². The van der Waals surface area contributed by atoms with Crippen LogP contribution in [-0.2, 0) is 10.3 Å². The summed E-state index contributed by atoms with van der Waals surface area (Å²) in [6.45, 7) is 4.55. The molecule has 1 unspecified atom stereocenters. The summed E-state index contributed by atoms with van der Waals surface area (Å²) in [5.41, 5.74) is 6.12. The number of carbonyl (C=O) groups excluding carboxylic acids is 1. The summed E-state index contributed by atoms with van der Waals surface area (Å²) in [6.07, 6.45) is 1.72. The topological polar surface area (TPSA) is 81.3 Å². The number of aromatic nitrogens is 2. The molecule has 6 heteroatoms. The molecule has 1 saturated heterocycles. The second-order valence-corrected chi connectivity index (χ2v) is 6.28. The van der Waals surface area contributed by atoms with Gasteiger partial charge in [-0.2, -0.15) is 0 Å². The largest absolute Gasteiger partial charge is 0.484 e. The zero-order valence-electron chi connectivity index (χ0n) is 14.0. The van der Waals surface area contributed by atoms with Crippen LogP contribution in [0.25, 0.3) is 0 Å². The summed E-state index contributed by atoms with van der Waals surface area (Å²) in [5.74, 6) is 1.65. The summed E-state index contributed by atoms with van der Waals surface area (Å²) < 4.78 is 5.60. The number of benzene rings is 1. The van der Waals surface area contributed by atoms with Crippen molar-refractivity contribution < 1.29 is 9.53 Å². The molecular weight excluding hydrogens is 304 g/mol. The predicted molar refractivity (Wildman–Crippen MR) is 91.4 cm³/mol. The van der Waals surface area contributed by atoms with Crippen LogP contribution in [0.2, 0.25) is 0 Å². The van der Waals surface area contributed by atoms with E-state index < -0.39 is 5.54 Å². The van der Waals surface area contributed by atoms with Gasteiger partial charge in [0.2, 0.25) is 0 Å². The Balaban J connectivity index is 1.77. The molecule has 0 bridgehead atoms. The lowest BCUT2D eigenvalue weighted by atomic mass is 9.97. The zero-order valence-corrected chi connectivity index (χ0v) is 14.0. The number of rotatable bonds is 4. The van der Waals surface area contributed by atoms with Gasteiger partial charge in [-0.1, -0.05) is 18.2 Å². The van der Waals surface area contributed by atoms with Crippen LogP contribution in [0.3, 0.4) is 0 Å². The maximum atomic E-state index is 12.7. The first-order valence-electron chi connectivity index (χ1n) is 8.09. The number of para-hydroxylation sites is 1. The maximum absolute atomic E-state index is 12.7. The molecule has 2 aromatic rings. The molecule has 0 aliphatic carbocycles. The molecule has 24 heavy (non-hydrogen) atoms. The summed E-state index contributed by atoms with van der Waals surface area (Å²) in [7, 11) is 0. The molecule has 1 aliphatic rings. The van der Waals surface area contributed by atoms with E-state index in [4.69, 9.17) is 10.5 Å². The van der Waals surface area contributed by atoms with Crippen molar-refractivity contribution in [2.75, 3.05) is 18.9 Å². The van der Waals surface area contributed by atoms with E-state index in [0.717, 1.165) is 18.5 Å². The van der Waals surface area contributed by atoms with Gasteiger partial charge >= 0.3 is 0 Å². The van der Waals surface area contributed by atoms with Crippen LogP contribution < -0.4 is 10.5 Å². The fourth-order valence-corrected chi connectivity index (χ4v) is 3.17. The van der Waals surface area contributed by atoms with Gasteiger partial charge in [0.1, 0.15) is 17.1 Å². The minimum absolute atomic E-state index is 0.000894. The molecule has 0 spiro atoms. The number of anilines is 1. The minimum Gasteiger partial charge on any atom is -0.484 e. The number of aryl methyl sites for hydroxylation is 1. The van der Waals surface area contributed by atoms with Gasteiger partial charge in [0.05, 0.1) is 0 Å². The van der Waals surface area contributed by atoms with E-state index in [-0.39, 0.29) is 12.5 Å². The molecule has 3 rings (SSSR count). The number of nitrogens with zero attached hydrogens (tertiary/aromatic N) is 3. The highest BCUT2D eigenvalue weighted by Gasteiger charge is 2.43. The van der Waals surface area contributed by atoms with Gasteiger partial charge in [0.25, 0.3) is 5.91 Å². The molecule has 1 aromatic heterocycles. The number of ether oxygens (including phenoxy) is 1. The molecule has 0 radical (unpaired) electrons. The number of nitrogen functional groups attached to an aromatic ring is 1. The van der Waals surface area contributed by atoms with E-state index in [1.165, 1.54) is 0 Å². The molecule has 2 heterocycles. The van der Waals surface area contributed by atoms with Crippen LogP contribution in [0.5, 0.6) is 5.75 Å². The Morgan fingerprint density at radius 3 is 2.79 bits per heavy atom. The van der Waals surface area contributed by atoms with Crippen molar-refractivity contribution in [3.63, 3.8) is 0 Å². The lowest BCUT2D eigenvalue weighted by Crippen LogP contribution is -2.46. The van der Waals surface area contributed by atoms with Gasteiger partial charge in [-0.15, -0.1) is 0 Å². The smallest absolute Gasteiger partial charge is 0.261 e. The molecule has 126 valence electrons. The first-order chi connectivity index (χ1) is 11.5. The molecule has 1 amide bonds. The number of hydrogen-bond acceptors (Lipinski definition) is 5. The summed E-state index contributed by atoms with van der Waals surface area (Å²) in [5, 5.41) is 0. The Bertz CT molecular complexity index is 715. The van der Waals surface area contributed by atoms with E-state index >= 15 is 0 Å². The number of amides is 1. The molecule has 6 nitrogen and oxygen atoms in total. The van der Waals surface area contributed by atoms with Crippen molar-refractivity contribution >= 4 is 11.7 Å². The Morgan fingerprint density at radius 1 is 1.33 bits per heavy atom. The zero-order chi connectivity index (χ0) is 17.2. The van der Waals surface area contributed by atoms with E-state index in [9.17, 15) is 4.79 Å².